The summed E-state index contributed by atoms with van der Waals surface area (Å²) in [7, 11) is -7.12. The molecule has 1 atom stereocenters. The number of sulfone groups is 1. The number of fused-ring (bicyclic) bond motifs is 1. The number of imidazole rings is 1. The van der Waals surface area contributed by atoms with E-state index in [2.05, 4.69) is 9.71 Å². The second-order valence-corrected chi connectivity index (χ2v) is 10.1. The van der Waals surface area contributed by atoms with E-state index in [9.17, 15) is 16.8 Å². The van der Waals surface area contributed by atoms with Crippen LogP contribution in [0.5, 0.6) is 0 Å². The molecule has 0 aliphatic carbocycles. The molecule has 1 aliphatic heterocycles. The van der Waals surface area contributed by atoms with Crippen molar-refractivity contribution in [3.05, 3.63) is 16.7 Å². The van der Waals surface area contributed by atoms with E-state index in [0.717, 1.165) is 0 Å². The molecular weight excluding hydrogens is 358 g/mol. The van der Waals surface area contributed by atoms with Gasteiger partial charge in [0, 0.05) is 18.1 Å². The molecule has 0 radical (unpaired) electrons. The SMILES string of the molecule is O=S(=O)(NCC1CCCS1(=O)=O)c1c(Cl)nc2sccn12. The molecule has 2 aromatic heterocycles. The molecule has 3 rings (SSSR count). The quantitative estimate of drug-likeness (QED) is 0.863. The van der Waals surface area contributed by atoms with Gasteiger partial charge in [0.15, 0.2) is 25.0 Å². The Hall–Kier alpha value is -0.680. The molecule has 0 spiro atoms. The highest BCUT2D eigenvalue weighted by Crippen LogP contribution is 2.26. The van der Waals surface area contributed by atoms with E-state index in [0.29, 0.717) is 17.8 Å². The van der Waals surface area contributed by atoms with E-state index in [1.54, 1.807) is 11.6 Å². The standard InChI is InChI=1S/C10H12ClN3O4S3/c11-8-9(14-3-4-19-10(14)13-8)21(17,18)12-6-7-2-1-5-20(7,15)16/h3-4,7,12H,1-2,5-6H2. The summed E-state index contributed by atoms with van der Waals surface area (Å²) in [5.74, 6) is 0.113. The van der Waals surface area contributed by atoms with E-state index < -0.39 is 25.1 Å². The molecule has 7 nitrogen and oxygen atoms in total. The average molecular weight is 370 g/mol. The van der Waals surface area contributed by atoms with E-state index in [4.69, 9.17) is 11.6 Å². The Bertz CT molecular complexity index is 884. The first kappa shape index (κ1) is 15.2. The summed E-state index contributed by atoms with van der Waals surface area (Å²) in [6.07, 6.45) is 2.59. The van der Waals surface area contributed by atoms with Crippen molar-refractivity contribution in [2.24, 2.45) is 0 Å². The molecule has 3 heterocycles. The topological polar surface area (TPSA) is 97.6 Å². The van der Waals surface area contributed by atoms with Crippen LogP contribution in [0.4, 0.5) is 0 Å². The fourth-order valence-corrected chi connectivity index (χ4v) is 6.74. The Balaban J connectivity index is 1.88. The first-order valence-electron chi connectivity index (χ1n) is 6.13. The van der Waals surface area contributed by atoms with Gasteiger partial charge in [-0.05, 0) is 12.8 Å². The van der Waals surface area contributed by atoms with Crippen molar-refractivity contribution in [3.8, 4) is 0 Å². The van der Waals surface area contributed by atoms with Crippen molar-refractivity contribution in [1.29, 1.82) is 0 Å². The number of thiazole rings is 1. The fourth-order valence-electron chi connectivity index (χ4n) is 2.34. The van der Waals surface area contributed by atoms with Crippen molar-refractivity contribution < 1.29 is 16.8 Å². The molecule has 0 bridgehead atoms. The molecule has 21 heavy (non-hydrogen) atoms. The van der Waals surface area contributed by atoms with Crippen LogP contribution in [0.1, 0.15) is 12.8 Å². The third kappa shape index (κ3) is 2.70. The maximum Gasteiger partial charge on any atom is 0.259 e. The van der Waals surface area contributed by atoms with Gasteiger partial charge in [-0.3, -0.25) is 4.40 Å². The van der Waals surface area contributed by atoms with Crippen LogP contribution in [0.3, 0.4) is 0 Å². The van der Waals surface area contributed by atoms with Gasteiger partial charge < -0.3 is 0 Å². The van der Waals surface area contributed by atoms with Gasteiger partial charge in [-0.15, -0.1) is 11.3 Å². The third-order valence-electron chi connectivity index (χ3n) is 3.40. The lowest BCUT2D eigenvalue weighted by molar-refractivity contribution is 0.567. The van der Waals surface area contributed by atoms with E-state index in [1.165, 1.54) is 15.7 Å². The predicted octanol–water partition coefficient (Wildman–Crippen LogP) is 0.905. The molecule has 116 valence electrons. The summed E-state index contributed by atoms with van der Waals surface area (Å²) in [5.41, 5.74) is 0. The molecule has 2 aromatic rings. The van der Waals surface area contributed by atoms with Crippen LogP contribution in [-0.4, -0.2) is 43.8 Å². The summed E-state index contributed by atoms with van der Waals surface area (Å²) in [5, 5.41) is 0.746. The summed E-state index contributed by atoms with van der Waals surface area (Å²) in [6.45, 7) is -0.141. The third-order valence-corrected chi connectivity index (χ3v) is 8.25. The highest BCUT2D eigenvalue weighted by molar-refractivity contribution is 7.92. The van der Waals surface area contributed by atoms with Crippen LogP contribution >= 0.6 is 22.9 Å². The molecule has 1 aliphatic rings. The van der Waals surface area contributed by atoms with Crippen molar-refractivity contribution in [1.82, 2.24) is 14.1 Å². The van der Waals surface area contributed by atoms with E-state index >= 15 is 0 Å². The second-order valence-electron chi connectivity index (χ2n) is 4.75. The Morgan fingerprint density at radius 2 is 2.29 bits per heavy atom. The fraction of sp³-hybridized carbons (Fsp3) is 0.500. The van der Waals surface area contributed by atoms with Gasteiger partial charge in [-0.2, -0.15) is 0 Å². The molecule has 1 unspecified atom stereocenters. The van der Waals surface area contributed by atoms with Crippen LogP contribution in [-0.2, 0) is 19.9 Å². The average Bonchev–Trinajstić information content (AvgIpc) is 3.00. The highest BCUT2D eigenvalue weighted by Gasteiger charge is 2.33. The van der Waals surface area contributed by atoms with E-state index in [-0.39, 0.29) is 22.5 Å². The molecule has 1 saturated heterocycles. The largest absolute Gasteiger partial charge is 0.279 e. The minimum Gasteiger partial charge on any atom is -0.279 e. The zero-order valence-electron chi connectivity index (χ0n) is 10.7. The van der Waals surface area contributed by atoms with Gasteiger partial charge in [-0.25, -0.2) is 26.5 Å². The normalized spacial score (nSPS) is 22.0. The number of rotatable bonds is 4. The highest BCUT2D eigenvalue weighted by atomic mass is 35.5. The maximum atomic E-state index is 12.3. The number of halogens is 1. The summed E-state index contributed by atoms with van der Waals surface area (Å²) < 4.78 is 51.9. The van der Waals surface area contributed by atoms with Crippen molar-refractivity contribution in [2.75, 3.05) is 12.3 Å². The minimum absolute atomic E-state index is 0.113. The smallest absolute Gasteiger partial charge is 0.259 e. The lowest BCUT2D eigenvalue weighted by Crippen LogP contribution is -2.35. The number of hydrogen-bond acceptors (Lipinski definition) is 6. The van der Waals surface area contributed by atoms with Gasteiger partial charge in [0.2, 0.25) is 0 Å². The Kier molecular flexibility index (Phi) is 3.77. The van der Waals surface area contributed by atoms with Crippen molar-refractivity contribution in [3.63, 3.8) is 0 Å². The predicted molar refractivity (Wildman–Crippen MR) is 80.1 cm³/mol. The van der Waals surface area contributed by atoms with Gasteiger partial charge in [0.25, 0.3) is 10.0 Å². The van der Waals surface area contributed by atoms with Crippen LogP contribution in [0, 0.1) is 0 Å². The molecule has 11 heteroatoms. The Morgan fingerprint density at radius 1 is 1.52 bits per heavy atom. The van der Waals surface area contributed by atoms with Gasteiger partial charge in [0.05, 0.1) is 11.0 Å². The van der Waals surface area contributed by atoms with Crippen molar-refractivity contribution >= 4 is 47.8 Å². The Labute approximate surface area is 130 Å². The number of nitrogens with one attached hydrogen (secondary N) is 1. The van der Waals surface area contributed by atoms with E-state index in [1.807, 2.05) is 0 Å². The molecule has 1 N–H and O–H groups in total. The first-order valence-corrected chi connectivity index (χ1v) is 10.6. The molecule has 0 amide bonds. The zero-order chi connectivity index (χ0) is 15.3. The number of aromatic nitrogens is 2. The van der Waals surface area contributed by atoms with Crippen LogP contribution in [0.15, 0.2) is 16.6 Å². The lowest BCUT2D eigenvalue weighted by atomic mass is 10.2. The van der Waals surface area contributed by atoms with Gasteiger partial charge >= 0.3 is 0 Å². The summed E-state index contributed by atoms with van der Waals surface area (Å²) >= 11 is 7.14. The number of hydrogen-bond donors (Lipinski definition) is 1. The monoisotopic (exact) mass is 369 g/mol. The summed E-state index contributed by atoms with van der Waals surface area (Å²) in [4.78, 5) is 4.42. The molecular formula is C10H12ClN3O4S3. The maximum absolute atomic E-state index is 12.3. The summed E-state index contributed by atoms with van der Waals surface area (Å²) in [6, 6.07) is 0. The zero-order valence-corrected chi connectivity index (χ0v) is 13.9. The molecule has 0 aromatic carbocycles. The van der Waals surface area contributed by atoms with Crippen LogP contribution in [0.2, 0.25) is 5.15 Å². The van der Waals surface area contributed by atoms with Gasteiger partial charge in [-0.1, -0.05) is 11.6 Å². The number of sulfonamides is 1. The van der Waals surface area contributed by atoms with Gasteiger partial charge in [0.1, 0.15) is 0 Å². The first-order chi connectivity index (χ1) is 9.81. The van der Waals surface area contributed by atoms with Crippen molar-refractivity contribution in [2.45, 2.75) is 23.1 Å². The second kappa shape index (κ2) is 5.20. The lowest BCUT2D eigenvalue weighted by Gasteiger charge is -2.11. The number of nitrogens with zero attached hydrogens (tertiary/aromatic N) is 2. The Morgan fingerprint density at radius 3 is 2.95 bits per heavy atom. The van der Waals surface area contributed by atoms with Crippen LogP contribution in [0.25, 0.3) is 4.96 Å². The van der Waals surface area contributed by atoms with Crippen LogP contribution < -0.4 is 4.72 Å². The molecule has 1 fully saturated rings. The molecule has 0 saturated carbocycles. The minimum atomic E-state index is -3.92.